The lowest BCUT2D eigenvalue weighted by Gasteiger charge is -2.38. The standard InChI is InChI=1S/C25H19ClFNO/c26-16-13-20-17-10-6-11-18(17)23(19-9-4-5-12-22(19)27)28-24(20)21(14-16)25(29)15-7-2-1-3-8-15/h1-10,12-14,17-18,23,28H,11H2/t17-,18-,23+/m1/s1. The van der Waals surface area contributed by atoms with Crippen LogP contribution in [0.4, 0.5) is 10.1 Å². The van der Waals surface area contributed by atoms with E-state index in [0.717, 1.165) is 17.7 Å². The zero-order valence-electron chi connectivity index (χ0n) is 15.6. The van der Waals surface area contributed by atoms with Crippen molar-refractivity contribution in [2.24, 2.45) is 5.92 Å². The molecule has 4 heteroatoms. The van der Waals surface area contributed by atoms with Gasteiger partial charge in [-0.2, -0.15) is 0 Å². The largest absolute Gasteiger partial charge is 0.377 e. The number of hydrogen-bond donors (Lipinski definition) is 1. The van der Waals surface area contributed by atoms with E-state index in [1.807, 2.05) is 36.4 Å². The van der Waals surface area contributed by atoms with Crippen LogP contribution in [0.2, 0.25) is 5.02 Å². The summed E-state index contributed by atoms with van der Waals surface area (Å²) in [6, 6.07) is 19.4. The fraction of sp³-hybridized carbons (Fsp3) is 0.160. The molecule has 3 atom stereocenters. The Kier molecular flexibility index (Phi) is 4.48. The van der Waals surface area contributed by atoms with E-state index < -0.39 is 0 Å². The number of nitrogens with one attached hydrogen (secondary N) is 1. The second-order valence-electron chi connectivity index (χ2n) is 7.61. The minimum absolute atomic E-state index is 0.0930. The van der Waals surface area contributed by atoms with Crippen LogP contribution in [0.3, 0.4) is 0 Å². The van der Waals surface area contributed by atoms with Gasteiger partial charge in [-0.25, -0.2) is 4.39 Å². The third-order valence-corrected chi connectivity index (χ3v) is 6.17. The molecule has 1 heterocycles. The zero-order chi connectivity index (χ0) is 20.0. The summed E-state index contributed by atoms with van der Waals surface area (Å²) in [6.07, 6.45) is 5.15. The van der Waals surface area contributed by atoms with Crippen molar-refractivity contribution in [2.75, 3.05) is 5.32 Å². The number of halogens is 2. The average molecular weight is 404 g/mol. The maximum Gasteiger partial charge on any atom is 0.195 e. The van der Waals surface area contributed by atoms with Crippen LogP contribution in [-0.4, -0.2) is 5.78 Å². The molecule has 2 nitrogen and oxygen atoms in total. The molecule has 0 saturated heterocycles. The minimum atomic E-state index is -0.232. The smallest absolute Gasteiger partial charge is 0.195 e. The Hall–Kier alpha value is -2.91. The number of benzene rings is 3. The predicted molar refractivity (Wildman–Crippen MR) is 114 cm³/mol. The monoisotopic (exact) mass is 403 g/mol. The van der Waals surface area contributed by atoms with Gasteiger partial charge in [0.1, 0.15) is 5.82 Å². The normalized spacial score (nSPS) is 21.9. The van der Waals surface area contributed by atoms with Crippen LogP contribution in [0, 0.1) is 11.7 Å². The molecule has 1 aliphatic carbocycles. The van der Waals surface area contributed by atoms with Gasteiger partial charge in [-0.05, 0) is 36.1 Å². The van der Waals surface area contributed by atoms with Gasteiger partial charge >= 0.3 is 0 Å². The summed E-state index contributed by atoms with van der Waals surface area (Å²) < 4.78 is 14.6. The van der Waals surface area contributed by atoms with Crippen LogP contribution in [0.5, 0.6) is 0 Å². The topological polar surface area (TPSA) is 29.1 Å². The van der Waals surface area contributed by atoms with E-state index in [-0.39, 0.29) is 29.5 Å². The first-order chi connectivity index (χ1) is 14.1. The fourth-order valence-electron chi connectivity index (χ4n) is 4.62. The third kappa shape index (κ3) is 3.06. The van der Waals surface area contributed by atoms with Crippen molar-refractivity contribution in [1.82, 2.24) is 0 Å². The highest BCUT2D eigenvalue weighted by Gasteiger charge is 2.40. The lowest BCUT2D eigenvalue weighted by molar-refractivity contribution is 0.103. The van der Waals surface area contributed by atoms with Gasteiger partial charge in [-0.1, -0.05) is 72.3 Å². The first-order valence-electron chi connectivity index (χ1n) is 9.74. The third-order valence-electron chi connectivity index (χ3n) is 5.95. The first kappa shape index (κ1) is 18.1. The van der Waals surface area contributed by atoms with Crippen molar-refractivity contribution < 1.29 is 9.18 Å². The van der Waals surface area contributed by atoms with E-state index in [4.69, 9.17) is 11.6 Å². The van der Waals surface area contributed by atoms with Crippen LogP contribution in [0.25, 0.3) is 0 Å². The maximum atomic E-state index is 14.6. The van der Waals surface area contributed by atoms with Crippen molar-refractivity contribution in [3.63, 3.8) is 0 Å². The molecule has 2 aliphatic rings. The second kappa shape index (κ2) is 7.16. The van der Waals surface area contributed by atoms with E-state index in [1.165, 1.54) is 6.07 Å². The molecular weight excluding hydrogens is 385 g/mol. The summed E-state index contributed by atoms with van der Waals surface area (Å²) in [6.45, 7) is 0. The lowest BCUT2D eigenvalue weighted by atomic mass is 9.75. The molecule has 144 valence electrons. The molecule has 0 spiro atoms. The van der Waals surface area contributed by atoms with Gasteiger partial charge in [-0.15, -0.1) is 0 Å². The summed E-state index contributed by atoms with van der Waals surface area (Å²) in [5, 5.41) is 4.05. The molecule has 0 aromatic heterocycles. The van der Waals surface area contributed by atoms with Crippen LogP contribution in [0.15, 0.2) is 78.9 Å². The number of carbonyl (C=O) groups excluding carboxylic acids is 1. The second-order valence-corrected chi connectivity index (χ2v) is 8.05. The van der Waals surface area contributed by atoms with E-state index in [2.05, 4.69) is 17.5 Å². The van der Waals surface area contributed by atoms with E-state index in [0.29, 0.717) is 21.7 Å². The van der Waals surface area contributed by atoms with Crippen molar-refractivity contribution in [1.29, 1.82) is 0 Å². The Morgan fingerprint density at radius 1 is 1.00 bits per heavy atom. The number of fused-ring (bicyclic) bond motifs is 3. The Bertz CT molecular complexity index is 1120. The van der Waals surface area contributed by atoms with Crippen LogP contribution in [0.1, 0.15) is 45.4 Å². The van der Waals surface area contributed by atoms with Gasteiger partial charge in [0.05, 0.1) is 6.04 Å². The highest BCUT2D eigenvalue weighted by Crippen LogP contribution is 2.51. The summed E-state index contributed by atoms with van der Waals surface area (Å²) in [5.41, 5.74) is 3.52. The number of allylic oxidation sites excluding steroid dienone is 2. The molecule has 0 radical (unpaired) electrons. The fourth-order valence-corrected chi connectivity index (χ4v) is 4.85. The molecule has 1 N–H and O–H groups in total. The Balaban J connectivity index is 1.67. The lowest BCUT2D eigenvalue weighted by Crippen LogP contribution is -2.31. The van der Waals surface area contributed by atoms with Crippen molar-refractivity contribution in [2.45, 2.75) is 18.4 Å². The highest BCUT2D eigenvalue weighted by molar-refractivity contribution is 6.31. The molecule has 3 aromatic carbocycles. The van der Waals surface area contributed by atoms with Gasteiger partial charge in [0.2, 0.25) is 0 Å². The van der Waals surface area contributed by atoms with E-state index >= 15 is 0 Å². The summed E-state index contributed by atoms with van der Waals surface area (Å²) in [4.78, 5) is 13.3. The van der Waals surface area contributed by atoms with Crippen molar-refractivity contribution >= 4 is 23.1 Å². The van der Waals surface area contributed by atoms with Crippen molar-refractivity contribution in [3.8, 4) is 0 Å². The number of carbonyl (C=O) groups is 1. The van der Waals surface area contributed by atoms with Gasteiger partial charge < -0.3 is 5.32 Å². The van der Waals surface area contributed by atoms with Gasteiger partial charge in [0, 0.05) is 33.3 Å². The first-order valence-corrected chi connectivity index (χ1v) is 10.1. The quantitative estimate of drug-likeness (QED) is 0.397. The zero-order valence-corrected chi connectivity index (χ0v) is 16.4. The van der Waals surface area contributed by atoms with Crippen LogP contribution >= 0.6 is 11.6 Å². The van der Waals surface area contributed by atoms with Crippen LogP contribution in [-0.2, 0) is 0 Å². The Morgan fingerprint density at radius 2 is 1.76 bits per heavy atom. The molecule has 1 aliphatic heterocycles. The van der Waals surface area contributed by atoms with Crippen LogP contribution < -0.4 is 5.32 Å². The highest BCUT2D eigenvalue weighted by atomic mass is 35.5. The minimum Gasteiger partial charge on any atom is -0.377 e. The molecule has 0 amide bonds. The van der Waals surface area contributed by atoms with Crippen molar-refractivity contribution in [3.05, 3.63) is 112 Å². The number of ketones is 1. The maximum absolute atomic E-state index is 14.6. The summed E-state index contributed by atoms with van der Waals surface area (Å²) in [7, 11) is 0. The molecule has 0 saturated carbocycles. The van der Waals surface area contributed by atoms with Gasteiger partial charge in [0.15, 0.2) is 5.78 Å². The molecule has 0 fully saturated rings. The summed E-state index contributed by atoms with van der Waals surface area (Å²) in [5.74, 6) is -0.0528. The van der Waals surface area contributed by atoms with E-state index in [1.54, 1.807) is 24.3 Å². The van der Waals surface area contributed by atoms with Gasteiger partial charge in [0.25, 0.3) is 0 Å². The van der Waals surface area contributed by atoms with E-state index in [9.17, 15) is 9.18 Å². The SMILES string of the molecule is O=C(c1ccccc1)c1cc(Cl)cc2c1N[C@H](c1ccccc1F)[C@@H]1CC=C[C@@H]21. The molecule has 29 heavy (non-hydrogen) atoms. The Morgan fingerprint density at radius 3 is 2.55 bits per heavy atom. The summed E-state index contributed by atoms with van der Waals surface area (Å²) >= 11 is 6.42. The molecule has 0 bridgehead atoms. The predicted octanol–water partition coefficient (Wildman–Crippen LogP) is 6.54. The number of hydrogen-bond acceptors (Lipinski definition) is 2. The average Bonchev–Trinajstić information content (AvgIpc) is 3.24. The Labute approximate surface area is 174 Å². The molecule has 3 aromatic rings. The number of anilines is 1. The number of rotatable bonds is 3. The molecular formula is C25H19ClFNO. The van der Waals surface area contributed by atoms with Gasteiger partial charge in [-0.3, -0.25) is 4.79 Å². The molecule has 5 rings (SSSR count). The molecule has 0 unspecified atom stereocenters.